The molecule has 8 nitrogen and oxygen atoms in total. The number of aromatic nitrogens is 3. The fourth-order valence-corrected chi connectivity index (χ4v) is 4.14. The van der Waals surface area contributed by atoms with Gasteiger partial charge in [0.25, 0.3) is 5.91 Å². The first-order valence-corrected chi connectivity index (χ1v) is 12.0. The summed E-state index contributed by atoms with van der Waals surface area (Å²) < 4.78 is 6.38. The Bertz CT molecular complexity index is 1230. The Kier molecular flexibility index (Phi) is 8.26. The highest BCUT2D eigenvalue weighted by atomic mass is 16.5. The third-order valence-electron chi connectivity index (χ3n) is 6.25. The van der Waals surface area contributed by atoms with Crippen molar-refractivity contribution in [2.24, 2.45) is 5.92 Å². The fraction of sp³-hybridized carbons (Fsp3) is 0.357. The number of aliphatic hydroxyl groups is 1. The largest absolute Gasteiger partial charge is 0.472 e. The Hall–Kier alpha value is -3.80. The summed E-state index contributed by atoms with van der Waals surface area (Å²) in [5, 5.41) is 9.86. The van der Waals surface area contributed by atoms with E-state index in [4.69, 9.17) is 4.74 Å². The van der Waals surface area contributed by atoms with Crippen LogP contribution in [0.15, 0.2) is 61.3 Å². The van der Waals surface area contributed by atoms with Crippen LogP contribution in [0.4, 0.5) is 0 Å². The number of pyridine rings is 3. The van der Waals surface area contributed by atoms with Gasteiger partial charge in [0.05, 0.1) is 12.6 Å². The molecule has 0 bridgehead atoms. The zero-order valence-electron chi connectivity index (χ0n) is 20.8. The van der Waals surface area contributed by atoms with Crippen molar-refractivity contribution >= 4 is 5.91 Å². The minimum Gasteiger partial charge on any atom is -0.472 e. The smallest absolute Gasteiger partial charge is 0.259 e. The highest BCUT2D eigenvalue weighted by molar-refractivity contribution is 5.97. The summed E-state index contributed by atoms with van der Waals surface area (Å²) in [5.41, 5.74) is 2.94. The molecule has 3 atom stereocenters. The summed E-state index contributed by atoms with van der Waals surface area (Å²) in [5.74, 6) is 6.24. The molecule has 0 aliphatic carbocycles. The standard InChI is InChI=1S/C28H31N5O3/c1-20-16-33(21(2)19-34)28(35)25-14-24(5-4-22-6-10-29-11-7-22)15-31-27(25)36-26(20)18-32(3)17-23-8-12-30-13-9-23/h6-15,20-21,26,34H,16-19H2,1-3H3/t20-,21+,26-/m0/s1. The van der Waals surface area contributed by atoms with E-state index >= 15 is 0 Å². The number of fused-ring (bicyclic) bond motifs is 1. The van der Waals surface area contributed by atoms with E-state index < -0.39 is 0 Å². The number of nitrogens with zero attached hydrogens (tertiary/aromatic N) is 5. The van der Waals surface area contributed by atoms with Gasteiger partial charge in [-0.3, -0.25) is 19.7 Å². The number of ether oxygens (including phenoxy) is 1. The molecular weight excluding hydrogens is 454 g/mol. The van der Waals surface area contributed by atoms with Crippen LogP contribution in [0.5, 0.6) is 5.88 Å². The van der Waals surface area contributed by atoms with Gasteiger partial charge in [-0.05, 0) is 49.9 Å². The third-order valence-corrected chi connectivity index (χ3v) is 6.25. The lowest BCUT2D eigenvalue weighted by molar-refractivity contribution is 0.0325. The molecule has 0 spiro atoms. The van der Waals surface area contributed by atoms with Gasteiger partial charge in [0, 0.05) is 67.7 Å². The summed E-state index contributed by atoms with van der Waals surface area (Å²) in [4.78, 5) is 30.0. The van der Waals surface area contributed by atoms with Crippen molar-refractivity contribution in [2.75, 3.05) is 26.7 Å². The second-order valence-electron chi connectivity index (χ2n) is 9.24. The molecule has 0 unspecified atom stereocenters. The zero-order chi connectivity index (χ0) is 25.5. The van der Waals surface area contributed by atoms with Crippen molar-refractivity contribution in [3.05, 3.63) is 83.6 Å². The van der Waals surface area contributed by atoms with Crippen LogP contribution in [0.2, 0.25) is 0 Å². The van der Waals surface area contributed by atoms with Crippen molar-refractivity contribution < 1.29 is 14.6 Å². The van der Waals surface area contributed by atoms with Crippen molar-refractivity contribution in [3.8, 4) is 17.7 Å². The third kappa shape index (κ3) is 6.25. The van der Waals surface area contributed by atoms with Gasteiger partial charge in [0.15, 0.2) is 0 Å². The molecule has 1 aliphatic heterocycles. The first-order valence-electron chi connectivity index (χ1n) is 12.0. The van der Waals surface area contributed by atoms with Gasteiger partial charge >= 0.3 is 0 Å². The quantitative estimate of drug-likeness (QED) is 0.537. The predicted molar refractivity (Wildman–Crippen MR) is 136 cm³/mol. The van der Waals surface area contributed by atoms with Crippen molar-refractivity contribution in [3.63, 3.8) is 0 Å². The van der Waals surface area contributed by atoms with Crippen LogP contribution in [-0.2, 0) is 6.54 Å². The molecule has 3 aromatic rings. The molecule has 4 heterocycles. The van der Waals surface area contributed by atoms with Gasteiger partial charge < -0.3 is 14.7 Å². The van der Waals surface area contributed by atoms with E-state index in [1.54, 1.807) is 42.0 Å². The normalized spacial score (nSPS) is 18.4. The number of aliphatic hydroxyl groups excluding tert-OH is 1. The van der Waals surface area contributed by atoms with Gasteiger partial charge in [0.1, 0.15) is 11.7 Å². The summed E-state index contributed by atoms with van der Waals surface area (Å²) >= 11 is 0. The monoisotopic (exact) mass is 485 g/mol. The van der Waals surface area contributed by atoms with E-state index in [1.807, 2.05) is 38.2 Å². The predicted octanol–water partition coefficient (Wildman–Crippen LogP) is 2.62. The maximum Gasteiger partial charge on any atom is 0.259 e. The van der Waals surface area contributed by atoms with Crippen LogP contribution in [0.1, 0.15) is 40.9 Å². The second-order valence-corrected chi connectivity index (χ2v) is 9.24. The molecular formula is C28H31N5O3. The van der Waals surface area contributed by atoms with Crippen molar-refractivity contribution in [1.29, 1.82) is 0 Å². The molecule has 0 radical (unpaired) electrons. The van der Waals surface area contributed by atoms with Crippen LogP contribution in [0.25, 0.3) is 0 Å². The molecule has 0 fully saturated rings. The average Bonchev–Trinajstić information content (AvgIpc) is 2.90. The van der Waals surface area contributed by atoms with Gasteiger partial charge in [-0.25, -0.2) is 4.98 Å². The maximum absolute atomic E-state index is 13.6. The van der Waals surface area contributed by atoms with Crippen LogP contribution in [0.3, 0.4) is 0 Å². The fourth-order valence-electron chi connectivity index (χ4n) is 4.14. The van der Waals surface area contributed by atoms with E-state index in [0.29, 0.717) is 30.1 Å². The number of carbonyl (C=O) groups is 1. The first kappa shape index (κ1) is 25.3. The van der Waals surface area contributed by atoms with E-state index in [-0.39, 0.29) is 30.6 Å². The molecule has 3 aromatic heterocycles. The zero-order valence-corrected chi connectivity index (χ0v) is 20.8. The average molecular weight is 486 g/mol. The molecule has 1 aliphatic rings. The van der Waals surface area contributed by atoms with Gasteiger partial charge in [-0.15, -0.1) is 0 Å². The highest BCUT2D eigenvalue weighted by Crippen LogP contribution is 2.27. The topological polar surface area (TPSA) is 91.7 Å². The molecule has 186 valence electrons. The lowest BCUT2D eigenvalue weighted by Crippen LogP contribution is -2.49. The molecule has 1 amide bonds. The summed E-state index contributed by atoms with van der Waals surface area (Å²) in [6.07, 6.45) is 8.35. The van der Waals surface area contributed by atoms with Crippen molar-refractivity contribution in [2.45, 2.75) is 32.5 Å². The van der Waals surface area contributed by atoms with Gasteiger partial charge in [-0.2, -0.15) is 0 Å². The van der Waals surface area contributed by atoms with Crippen LogP contribution in [0, 0.1) is 17.8 Å². The van der Waals surface area contributed by atoms with Crippen LogP contribution >= 0.6 is 0 Å². The minimum atomic E-state index is -0.340. The number of carbonyl (C=O) groups excluding carboxylic acids is 1. The number of amides is 1. The Balaban J connectivity index is 1.63. The minimum absolute atomic E-state index is 0.0175. The Morgan fingerprint density at radius 3 is 2.50 bits per heavy atom. The lowest BCUT2D eigenvalue weighted by Gasteiger charge is -2.37. The van der Waals surface area contributed by atoms with Crippen LogP contribution < -0.4 is 4.74 Å². The highest BCUT2D eigenvalue weighted by Gasteiger charge is 2.34. The number of likely N-dealkylation sites (N-methyl/N-ethyl adjacent to an activating group) is 1. The van der Waals surface area contributed by atoms with Crippen LogP contribution in [-0.4, -0.2) is 74.7 Å². The molecule has 4 rings (SSSR count). The number of hydrogen-bond acceptors (Lipinski definition) is 7. The second kappa shape index (κ2) is 11.8. The van der Waals surface area contributed by atoms with Gasteiger partial charge in [0.2, 0.25) is 5.88 Å². The summed E-state index contributed by atoms with van der Waals surface area (Å²) in [7, 11) is 2.04. The lowest BCUT2D eigenvalue weighted by atomic mass is 9.99. The van der Waals surface area contributed by atoms with E-state index in [9.17, 15) is 9.90 Å². The molecule has 36 heavy (non-hydrogen) atoms. The Labute approximate surface area is 212 Å². The molecule has 0 aromatic carbocycles. The van der Waals surface area contributed by atoms with Gasteiger partial charge in [-0.1, -0.05) is 18.8 Å². The molecule has 0 saturated carbocycles. The number of rotatable bonds is 6. The number of hydrogen-bond donors (Lipinski definition) is 1. The molecule has 8 heteroatoms. The Morgan fingerprint density at radius 2 is 1.81 bits per heavy atom. The summed E-state index contributed by atoms with van der Waals surface area (Å²) in [6, 6.07) is 9.01. The van der Waals surface area contributed by atoms with E-state index in [0.717, 1.165) is 17.7 Å². The molecule has 1 N–H and O–H groups in total. The van der Waals surface area contributed by atoms with E-state index in [1.165, 1.54) is 0 Å². The van der Waals surface area contributed by atoms with Crippen molar-refractivity contribution in [1.82, 2.24) is 24.8 Å². The summed E-state index contributed by atoms with van der Waals surface area (Å²) in [6.45, 7) is 5.63. The maximum atomic E-state index is 13.6. The first-order chi connectivity index (χ1) is 17.4. The molecule has 0 saturated heterocycles. The SMILES string of the molecule is C[C@H](CO)N1C[C@H](C)[C@H](CN(C)Cc2ccncc2)Oc2ncc(C#Cc3ccncc3)cc2C1=O. The Morgan fingerprint density at radius 1 is 1.14 bits per heavy atom. The van der Waals surface area contributed by atoms with E-state index in [2.05, 4.69) is 38.6 Å².